The fourth-order valence-electron chi connectivity index (χ4n) is 2.72. The molecule has 2 aliphatic rings. The molecule has 100 valence electrons. The summed E-state index contributed by atoms with van der Waals surface area (Å²) in [6.45, 7) is 1.29. The van der Waals surface area contributed by atoms with E-state index >= 15 is 0 Å². The van der Waals surface area contributed by atoms with E-state index in [0.717, 1.165) is 25.8 Å². The van der Waals surface area contributed by atoms with Crippen molar-refractivity contribution in [2.45, 2.75) is 24.8 Å². The van der Waals surface area contributed by atoms with Crippen molar-refractivity contribution in [1.82, 2.24) is 15.5 Å². The van der Waals surface area contributed by atoms with Crippen LogP contribution in [0, 0.1) is 5.92 Å². The number of carbonyl (C=O) groups is 2. The molecule has 1 aliphatic carbocycles. The third kappa shape index (κ3) is 2.90. The van der Waals surface area contributed by atoms with E-state index in [1.165, 1.54) is 0 Å². The third-order valence-electron chi connectivity index (χ3n) is 3.71. The first-order valence-corrected chi connectivity index (χ1v) is 6.42. The fourth-order valence-corrected chi connectivity index (χ4v) is 2.72. The van der Waals surface area contributed by atoms with Gasteiger partial charge >= 0.3 is 0 Å². The molecule has 2 fully saturated rings. The topological polar surface area (TPSA) is 61.4 Å². The van der Waals surface area contributed by atoms with Gasteiger partial charge in [-0.2, -0.15) is 0 Å². The average Bonchev–Trinajstić information content (AvgIpc) is 2.83. The van der Waals surface area contributed by atoms with Gasteiger partial charge in [0.05, 0.1) is 5.54 Å². The Labute approximate surface area is 108 Å². The molecule has 1 saturated carbocycles. The zero-order valence-corrected chi connectivity index (χ0v) is 11.0. The second kappa shape index (κ2) is 5.10. The number of piperidine rings is 1. The SMILES string of the molecule is CN(C)C/C=C/C(=O)NCC12CCC(C1)C(=O)N2. The van der Waals surface area contributed by atoms with Crippen molar-refractivity contribution >= 4 is 11.8 Å². The van der Waals surface area contributed by atoms with E-state index in [-0.39, 0.29) is 23.3 Å². The van der Waals surface area contributed by atoms with Gasteiger partial charge < -0.3 is 15.5 Å². The van der Waals surface area contributed by atoms with E-state index in [2.05, 4.69) is 10.6 Å². The summed E-state index contributed by atoms with van der Waals surface area (Å²) in [7, 11) is 3.90. The first-order chi connectivity index (χ1) is 8.51. The number of nitrogens with one attached hydrogen (secondary N) is 2. The van der Waals surface area contributed by atoms with Gasteiger partial charge in [0, 0.05) is 25.1 Å². The van der Waals surface area contributed by atoms with Gasteiger partial charge in [0.1, 0.15) is 0 Å². The van der Waals surface area contributed by atoms with Gasteiger partial charge in [-0.3, -0.25) is 9.59 Å². The van der Waals surface area contributed by atoms with Crippen LogP contribution in [0.3, 0.4) is 0 Å². The highest BCUT2D eigenvalue weighted by molar-refractivity contribution is 5.88. The molecular formula is C13H21N3O2. The molecule has 5 heteroatoms. The van der Waals surface area contributed by atoms with Crippen LogP contribution in [-0.2, 0) is 9.59 Å². The van der Waals surface area contributed by atoms with Crippen molar-refractivity contribution in [3.8, 4) is 0 Å². The van der Waals surface area contributed by atoms with Crippen molar-refractivity contribution in [2.24, 2.45) is 5.92 Å². The van der Waals surface area contributed by atoms with Crippen LogP contribution in [0.4, 0.5) is 0 Å². The third-order valence-corrected chi connectivity index (χ3v) is 3.71. The van der Waals surface area contributed by atoms with E-state index in [1.54, 1.807) is 6.08 Å². The van der Waals surface area contributed by atoms with Crippen molar-refractivity contribution in [3.05, 3.63) is 12.2 Å². The van der Waals surface area contributed by atoms with Crippen LogP contribution in [0.1, 0.15) is 19.3 Å². The molecule has 2 rings (SSSR count). The molecule has 0 aromatic rings. The number of carbonyl (C=O) groups excluding carboxylic acids is 2. The van der Waals surface area contributed by atoms with E-state index < -0.39 is 0 Å². The van der Waals surface area contributed by atoms with E-state index in [9.17, 15) is 9.59 Å². The summed E-state index contributed by atoms with van der Waals surface area (Å²) in [5.74, 6) is 0.237. The maximum absolute atomic E-state index is 11.6. The highest BCUT2D eigenvalue weighted by Crippen LogP contribution is 2.40. The lowest BCUT2D eigenvalue weighted by Gasteiger charge is -2.27. The first kappa shape index (κ1) is 13.1. The Morgan fingerprint density at radius 1 is 1.61 bits per heavy atom. The van der Waals surface area contributed by atoms with Gasteiger partial charge in [-0.05, 0) is 33.4 Å². The number of likely N-dealkylation sites (N-methyl/N-ethyl adjacent to an activating group) is 1. The Morgan fingerprint density at radius 3 is 2.94 bits per heavy atom. The molecular weight excluding hydrogens is 230 g/mol. The molecule has 1 saturated heterocycles. The predicted molar refractivity (Wildman–Crippen MR) is 68.9 cm³/mol. The largest absolute Gasteiger partial charge is 0.350 e. The first-order valence-electron chi connectivity index (χ1n) is 6.42. The van der Waals surface area contributed by atoms with Gasteiger partial charge in [0.25, 0.3) is 0 Å². The zero-order valence-electron chi connectivity index (χ0n) is 11.0. The summed E-state index contributed by atoms with van der Waals surface area (Å²) in [5, 5.41) is 5.89. The lowest BCUT2D eigenvalue weighted by Crippen LogP contribution is -2.51. The Balaban J connectivity index is 1.76. The number of fused-ring (bicyclic) bond motifs is 2. The van der Waals surface area contributed by atoms with Crippen LogP contribution in [-0.4, -0.2) is 49.4 Å². The lowest BCUT2D eigenvalue weighted by molar-refractivity contribution is -0.124. The quantitative estimate of drug-likeness (QED) is 0.670. The van der Waals surface area contributed by atoms with Crippen LogP contribution in [0.5, 0.6) is 0 Å². The molecule has 0 aromatic carbocycles. The van der Waals surface area contributed by atoms with Crippen molar-refractivity contribution in [1.29, 1.82) is 0 Å². The number of amides is 2. The number of hydrogen-bond donors (Lipinski definition) is 2. The molecule has 1 heterocycles. The van der Waals surface area contributed by atoms with Gasteiger partial charge in [-0.25, -0.2) is 0 Å². The molecule has 2 N–H and O–H groups in total. The minimum absolute atomic E-state index is 0.0872. The summed E-state index contributed by atoms with van der Waals surface area (Å²) in [4.78, 5) is 25.1. The standard InChI is InChI=1S/C13H21N3O2/c1-16(2)7-3-4-11(17)14-9-13-6-5-10(8-13)12(18)15-13/h3-4,10H,5-9H2,1-2H3,(H,14,17)(H,15,18)/b4-3+. The molecule has 0 radical (unpaired) electrons. The van der Waals surface area contributed by atoms with E-state index in [1.807, 2.05) is 25.1 Å². The molecule has 18 heavy (non-hydrogen) atoms. The van der Waals surface area contributed by atoms with E-state index in [4.69, 9.17) is 0 Å². The van der Waals surface area contributed by atoms with Crippen LogP contribution < -0.4 is 10.6 Å². The van der Waals surface area contributed by atoms with Gasteiger partial charge in [-0.15, -0.1) is 0 Å². The minimum atomic E-state index is -0.174. The average molecular weight is 251 g/mol. The molecule has 5 nitrogen and oxygen atoms in total. The molecule has 2 amide bonds. The van der Waals surface area contributed by atoms with Crippen LogP contribution in [0.15, 0.2) is 12.2 Å². The Morgan fingerprint density at radius 2 is 2.39 bits per heavy atom. The molecule has 0 spiro atoms. The Bertz CT molecular complexity index is 378. The zero-order chi connectivity index (χ0) is 13.2. The number of nitrogens with zero attached hydrogens (tertiary/aromatic N) is 1. The van der Waals surface area contributed by atoms with Crippen molar-refractivity contribution in [2.75, 3.05) is 27.2 Å². The predicted octanol–water partition coefficient (Wildman–Crippen LogP) is -0.111. The molecule has 0 aromatic heterocycles. The summed E-state index contributed by atoms with van der Waals surface area (Å²) >= 11 is 0. The maximum Gasteiger partial charge on any atom is 0.243 e. The summed E-state index contributed by atoms with van der Waals surface area (Å²) in [5.41, 5.74) is -0.174. The van der Waals surface area contributed by atoms with Crippen LogP contribution >= 0.6 is 0 Å². The summed E-state index contributed by atoms with van der Waals surface area (Å²) in [6.07, 6.45) is 6.19. The molecule has 2 atom stereocenters. The minimum Gasteiger partial charge on any atom is -0.350 e. The fraction of sp³-hybridized carbons (Fsp3) is 0.692. The number of hydrogen-bond acceptors (Lipinski definition) is 3. The summed E-state index contributed by atoms with van der Waals surface area (Å²) < 4.78 is 0. The van der Waals surface area contributed by atoms with Gasteiger partial charge in [-0.1, -0.05) is 6.08 Å². The highest BCUT2D eigenvalue weighted by Gasteiger charge is 2.49. The lowest BCUT2D eigenvalue weighted by atomic mass is 9.99. The van der Waals surface area contributed by atoms with Gasteiger partial charge in [0.15, 0.2) is 0 Å². The maximum atomic E-state index is 11.6. The normalized spacial score (nSPS) is 30.2. The second-order valence-electron chi connectivity index (χ2n) is 5.59. The Kier molecular flexibility index (Phi) is 3.71. The summed E-state index contributed by atoms with van der Waals surface area (Å²) in [6, 6.07) is 0. The van der Waals surface area contributed by atoms with Crippen LogP contribution in [0.2, 0.25) is 0 Å². The van der Waals surface area contributed by atoms with Crippen LogP contribution in [0.25, 0.3) is 0 Å². The monoisotopic (exact) mass is 251 g/mol. The van der Waals surface area contributed by atoms with E-state index in [0.29, 0.717) is 6.54 Å². The van der Waals surface area contributed by atoms with Crippen molar-refractivity contribution < 1.29 is 9.59 Å². The van der Waals surface area contributed by atoms with Crippen molar-refractivity contribution in [3.63, 3.8) is 0 Å². The Hall–Kier alpha value is -1.36. The smallest absolute Gasteiger partial charge is 0.243 e. The highest BCUT2D eigenvalue weighted by atomic mass is 16.2. The number of rotatable bonds is 5. The van der Waals surface area contributed by atoms with Gasteiger partial charge in [0.2, 0.25) is 11.8 Å². The second-order valence-corrected chi connectivity index (χ2v) is 5.59. The molecule has 1 aliphatic heterocycles. The molecule has 2 unspecified atom stereocenters. The molecule has 2 bridgehead atoms.